The highest BCUT2D eigenvalue weighted by Crippen LogP contribution is 2.46. The second kappa shape index (κ2) is 4.64. The molecule has 0 aromatic heterocycles. The molecular weight excluding hydrogens is 222 g/mol. The third-order valence-corrected chi connectivity index (χ3v) is 2.94. The first kappa shape index (κ1) is 14.0. The molecule has 0 aromatic rings. The standard InChI is InChI=1S/C12H21NO4/c1-11(2,3)6-8(14)7-13-9(15)12(4-5-12)10(16)17/h8,14H,4-7H2,1-3H3,(H,13,15)(H,16,17). The molecule has 1 aliphatic carbocycles. The Labute approximate surface area is 101 Å². The lowest BCUT2D eigenvalue weighted by Gasteiger charge is -2.23. The van der Waals surface area contributed by atoms with E-state index >= 15 is 0 Å². The molecule has 1 amide bonds. The van der Waals surface area contributed by atoms with E-state index in [-0.39, 0.29) is 12.0 Å². The van der Waals surface area contributed by atoms with Crippen LogP contribution >= 0.6 is 0 Å². The van der Waals surface area contributed by atoms with Crippen LogP contribution in [0.25, 0.3) is 0 Å². The first-order chi connectivity index (χ1) is 7.67. The molecule has 0 radical (unpaired) electrons. The largest absolute Gasteiger partial charge is 0.480 e. The van der Waals surface area contributed by atoms with Gasteiger partial charge in [0.05, 0.1) is 6.10 Å². The third-order valence-electron chi connectivity index (χ3n) is 2.94. The summed E-state index contributed by atoms with van der Waals surface area (Å²) in [5, 5.41) is 21.1. The maximum absolute atomic E-state index is 11.6. The number of aliphatic carboxylic acids is 1. The van der Waals surface area contributed by atoms with E-state index in [0.717, 1.165) is 0 Å². The van der Waals surface area contributed by atoms with E-state index in [1.54, 1.807) is 0 Å². The molecule has 17 heavy (non-hydrogen) atoms. The average Bonchev–Trinajstić information content (AvgIpc) is 2.91. The number of nitrogens with one attached hydrogen (secondary N) is 1. The van der Waals surface area contributed by atoms with Gasteiger partial charge in [-0.2, -0.15) is 0 Å². The summed E-state index contributed by atoms with van der Waals surface area (Å²) in [6.07, 6.45) is 0.712. The van der Waals surface area contributed by atoms with E-state index in [1.807, 2.05) is 20.8 Å². The van der Waals surface area contributed by atoms with Crippen molar-refractivity contribution < 1.29 is 19.8 Å². The van der Waals surface area contributed by atoms with Crippen LogP contribution in [-0.2, 0) is 9.59 Å². The Bertz CT molecular complexity index is 315. The Morgan fingerprint density at radius 1 is 1.35 bits per heavy atom. The van der Waals surface area contributed by atoms with Gasteiger partial charge in [-0.25, -0.2) is 0 Å². The summed E-state index contributed by atoms with van der Waals surface area (Å²) in [5.74, 6) is -1.54. The molecule has 5 heteroatoms. The van der Waals surface area contributed by atoms with E-state index in [1.165, 1.54) is 0 Å². The van der Waals surface area contributed by atoms with Crippen LogP contribution in [0, 0.1) is 10.8 Å². The highest BCUT2D eigenvalue weighted by Gasteiger charge is 2.57. The SMILES string of the molecule is CC(C)(C)CC(O)CNC(=O)C1(C(=O)O)CC1. The van der Waals surface area contributed by atoms with Crippen molar-refractivity contribution in [2.75, 3.05) is 6.54 Å². The van der Waals surface area contributed by atoms with E-state index in [0.29, 0.717) is 19.3 Å². The van der Waals surface area contributed by atoms with E-state index in [9.17, 15) is 14.7 Å². The second-order valence-corrected chi connectivity index (χ2v) is 6.02. The minimum absolute atomic E-state index is 0.0196. The zero-order valence-corrected chi connectivity index (χ0v) is 10.6. The summed E-state index contributed by atoms with van der Waals surface area (Å²) in [4.78, 5) is 22.5. The predicted octanol–water partition coefficient (Wildman–Crippen LogP) is 0.764. The fourth-order valence-electron chi connectivity index (χ4n) is 1.82. The van der Waals surface area contributed by atoms with Crippen molar-refractivity contribution in [1.29, 1.82) is 0 Å². The molecule has 1 atom stereocenters. The molecule has 1 rings (SSSR count). The molecule has 0 aromatic carbocycles. The Morgan fingerprint density at radius 3 is 2.24 bits per heavy atom. The Morgan fingerprint density at radius 2 is 1.88 bits per heavy atom. The van der Waals surface area contributed by atoms with Crippen LogP contribution in [0.2, 0.25) is 0 Å². The summed E-state index contributed by atoms with van der Waals surface area (Å²) < 4.78 is 0. The zero-order valence-electron chi connectivity index (χ0n) is 10.6. The van der Waals surface area contributed by atoms with Crippen LogP contribution in [0.3, 0.4) is 0 Å². The number of hydrogen-bond acceptors (Lipinski definition) is 3. The van der Waals surface area contributed by atoms with Crippen LogP contribution in [0.1, 0.15) is 40.0 Å². The lowest BCUT2D eigenvalue weighted by molar-refractivity contribution is -0.149. The van der Waals surface area contributed by atoms with Gasteiger partial charge >= 0.3 is 5.97 Å². The first-order valence-corrected chi connectivity index (χ1v) is 5.87. The van der Waals surface area contributed by atoms with Crippen molar-refractivity contribution in [2.45, 2.75) is 46.1 Å². The summed E-state index contributed by atoms with van der Waals surface area (Å²) in [5.41, 5.74) is -1.24. The summed E-state index contributed by atoms with van der Waals surface area (Å²) >= 11 is 0. The molecule has 0 saturated heterocycles. The van der Waals surface area contributed by atoms with E-state index < -0.39 is 23.4 Å². The summed E-state index contributed by atoms with van der Waals surface area (Å²) in [6, 6.07) is 0. The van der Waals surface area contributed by atoms with Gasteiger partial charge in [0.1, 0.15) is 5.41 Å². The molecule has 5 nitrogen and oxygen atoms in total. The number of carbonyl (C=O) groups excluding carboxylic acids is 1. The normalized spacial score (nSPS) is 19.5. The van der Waals surface area contributed by atoms with Gasteiger partial charge in [-0.1, -0.05) is 20.8 Å². The highest BCUT2D eigenvalue weighted by molar-refractivity contribution is 6.04. The van der Waals surface area contributed by atoms with Gasteiger partial charge in [0, 0.05) is 6.54 Å². The maximum Gasteiger partial charge on any atom is 0.319 e. The molecule has 1 fully saturated rings. The zero-order chi connectivity index (χ0) is 13.3. The molecule has 1 saturated carbocycles. The van der Waals surface area contributed by atoms with E-state index in [2.05, 4.69) is 5.32 Å². The number of aliphatic hydroxyl groups excluding tert-OH is 1. The Kier molecular flexibility index (Phi) is 3.81. The fraction of sp³-hybridized carbons (Fsp3) is 0.833. The van der Waals surface area contributed by atoms with Gasteiger partial charge in [-0.15, -0.1) is 0 Å². The number of amides is 1. The minimum atomic E-state index is -1.22. The van der Waals surface area contributed by atoms with E-state index in [4.69, 9.17) is 5.11 Å². The summed E-state index contributed by atoms with van der Waals surface area (Å²) in [7, 11) is 0. The average molecular weight is 243 g/mol. The van der Waals surface area contributed by atoms with Gasteiger partial charge in [0.2, 0.25) is 5.91 Å². The van der Waals surface area contributed by atoms with Crippen LogP contribution in [-0.4, -0.2) is 34.7 Å². The lowest BCUT2D eigenvalue weighted by Crippen LogP contribution is -2.41. The molecule has 0 heterocycles. The minimum Gasteiger partial charge on any atom is -0.480 e. The van der Waals surface area contributed by atoms with Gasteiger partial charge in [-0.05, 0) is 24.7 Å². The molecule has 1 unspecified atom stereocenters. The number of carboxylic acid groups (broad SMARTS) is 1. The second-order valence-electron chi connectivity index (χ2n) is 6.02. The molecular formula is C12H21NO4. The van der Waals surface area contributed by atoms with Crippen molar-refractivity contribution in [3.05, 3.63) is 0 Å². The molecule has 98 valence electrons. The number of carbonyl (C=O) groups is 2. The number of aliphatic hydroxyl groups is 1. The Balaban J connectivity index is 2.37. The van der Waals surface area contributed by atoms with Crippen molar-refractivity contribution in [3.8, 4) is 0 Å². The first-order valence-electron chi connectivity index (χ1n) is 5.87. The molecule has 0 bridgehead atoms. The number of hydrogen-bond donors (Lipinski definition) is 3. The quantitative estimate of drug-likeness (QED) is 0.622. The predicted molar refractivity (Wildman–Crippen MR) is 62.4 cm³/mol. The smallest absolute Gasteiger partial charge is 0.319 e. The van der Waals surface area contributed by atoms with Crippen molar-refractivity contribution in [2.24, 2.45) is 10.8 Å². The fourth-order valence-corrected chi connectivity index (χ4v) is 1.82. The highest BCUT2D eigenvalue weighted by atomic mass is 16.4. The maximum atomic E-state index is 11.6. The lowest BCUT2D eigenvalue weighted by atomic mass is 9.89. The monoisotopic (exact) mass is 243 g/mol. The molecule has 3 N–H and O–H groups in total. The van der Waals surface area contributed by atoms with Gasteiger partial charge in [-0.3, -0.25) is 9.59 Å². The molecule has 0 spiro atoms. The van der Waals surface area contributed by atoms with Crippen LogP contribution in [0.5, 0.6) is 0 Å². The Hall–Kier alpha value is -1.10. The van der Waals surface area contributed by atoms with Crippen molar-refractivity contribution in [3.63, 3.8) is 0 Å². The van der Waals surface area contributed by atoms with Crippen LogP contribution in [0.4, 0.5) is 0 Å². The third kappa shape index (κ3) is 3.70. The number of carboxylic acids is 1. The molecule has 0 aliphatic heterocycles. The van der Waals surface area contributed by atoms with Gasteiger partial charge < -0.3 is 15.5 Å². The molecule has 1 aliphatic rings. The van der Waals surface area contributed by atoms with Crippen molar-refractivity contribution >= 4 is 11.9 Å². The summed E-state index contributed by atoms with van der Waals surface area (Å²) in [6.45, 7) is 6.11. The number of rotatable bonds is 5. The van der Waals surface area contributed by atoms with Gasteiger partial charge in [0.15, 0.2) is 0 Å². The van der Waals surface area contributed by atoms with Gasteiger partial charge in [0.25, 0.3) is 0 Å². The van der Waals surface area contributed by atoms with Crippen molar-refractivity contribution in [1.82, 2.24) is 5.32 Å². The van der Waals surface area contributed by atoms with Crippen LogP contribution in [0.15, 0.2) is 0 Å². The topological polar surface area (TPSA) is 86.6 Å². The van der Waals surface area contributed by atoms with Crippen LogP contribution < -0.4 is 5.32 Å².